The molecule has 0 aliphatic rings. The molecule has 2 N–H and O–H groups in total. The monoisotopic (exact) mass is 227 g/mol. The van der Waals surface area contributed by atoms with Gasteiger partial charge in [-0.25, -0.2) is 4.98 Å². The van der Waals surface area contributed by atoms with Crippen molar-refractivity contribution < 1.29 is 0 Å². The molecule has 15 heavy (non-hydrogen) atoms. The molecule has 4 heteroatoms. The van der Waals surface area contributed by atoms with Crippen LogP contribution in [0.5, 0.6) is 0 Å². The number of aromatic nitrogens is 2. The van der Waals surface area contributed by atoms with Gasteiger partial charge in [-0.2, -0.15) is 11.8 Å². The molecule has 0 amide bonds. The maximum absolute atomic E-state index is 6.06. The van der Waals surface area contributed by atoms with Gasteiger partial charge >= 0.3 is 0 Å². The highest BCUT2D eigenvalue weighted by atomic mass is 32.2. The summed E-state index contributed by atoms with van der Waals surface area (Å²) in [5.41, 5.74) is 7.14. The zero-order valence-corrected chi connectivity index (χ0v) is 10.7. The van der Waals surface area contributed by atoms with E-state index in [-0.39, 0.29) is 0 Å². The number of imidazole rings is 1. The van der Waals surface area contributed by atoms with Gasteiger partial charge in [0, 0.05) is 19.4 Å². The molecule has 0 atom stereocenters. The van der Waals surface area contributed by atoms with E-state index in [4.69, 9.17) is 5.73 Å². The number of aryl methyl sites for hydroxylation is 2. The van der Waals surface area contributed by atoms with Crippen molar-refractivity contribution in [2.24, 2.45) is 0 Å². The van der Waals surface area contributed by atoms with E-state index in [9.17, 15) is 0 Å². The molecule has 1 aromatic rings. The molecular weight excluding hydrogens is 206 g/mol. The van der Waals surface area contributed by atoms with Gasteiger partial charge in [0.05, 0.1) is 5.69 Å². The molecule has 0 unspecified atom stereocenters. The molecule has 1 rings (SSSR count). The van der Waals surface area contributed by atoms with E-state index < -0.39 is 0 Å². The van der Waals surface area contributed by atoms with Gasteiger partial charge in [0.25, 0.3) is 0 Å². The van der Waals surface area contributed by atoms with Gasteiger partial charge in [0.15, 0.2) is 0 Å². The van der Waals surface area contributed by atoms with E-state index >= 15 is 0 Å². The standard InChI is InChI=1S/C11H21N3S/c1-4-10-13-9(7-8-15-6-3)11(12)14(10)5-2/h4-8,12H2,1-3H3. The Bertz CT molecular complexity index is 307. The van der Waals surface area contributed by atoms with Crippen LogP contribution in [0.2, 0.25) is 0 Å². The Labute approximate surface area is 96.5 Å². The predicted molar refractivity (Wildman–Crippen MR) is 68.4 cm³/mol. The maximum atomic E-state index is 6.06. The summed E-state index contributed by atoms with van der Waals surface area (Å²) in [4.78, 5) is 4.60. The molecule has 0 radical (unpaired) electrons. The third-order valence-corrected chi connectivity index (χ3v) is 3.38. The van der Waals surface area contributed by atoms with Crippen LogP contribution in [0, 0.1) is 0 Å². The summed E-state index contributed by atoms with van der Waals surface area (Å²) in [5, 5.41) is 0. The Morgan fingerprint density at radius 3 is 2.53 bits per heavy atom. The molecule has 1 aromatic heterocycles. The average molecular weight is 227 g/mol. The summed E-state index contributed by atoms with van der Waals surface area (Å²) < 4.78 is 2.12. The summed E-state index contributed by atoms with van der Waals surface area (Å²) in [5.74, 6) is 4.26. The van der Waals surface area contributed by atoms with Crippen molar-refractivity contribution in [1.82, 2.24) is 9.55 Å². The van der Waals surface area contributed by atoms with Crippen molar-refractivity contribution in [1.29, 1.82) is 0 Å². The van der Waals surface area contributed by atoms with Crippen LogP contribution in [-0.4, -0.2) is 21.1 Å². The zero-order valence-electron chi connectivity index (χ0n) is 9.92. The minimum Gasteiger partial charge on any atom is -0.384 e. The van der Waals surface area contributed by atoms with E-state index in [1.165, 1.54) is 0 Å². The highest BCUT2D eigenvalue weighted by Crippen LogP contribution is 2.17. The van der Waals surface area contributed by atoms with E-state index in [0.717, 1.165) is 48.2 Å². The Kier molecular flexibility index (Phi) is 5.02. The third kappa shape index (κ3) is 2.91. The van der Waals surface area contributed by atoms with Gasteiger partial charge in [0.2, 0.25) is 0 Å². The third-order valence-electron chi connectivity index (χ3n) is 2.48. The molecule has 0 aliphatic carbocycles. The van der Waals surface area contributed by atoms with Crippen molar-refractivity contribution in [3.63, 3.8) is 0 Å². The van der Waals surface area contributed by atoms with Crippen molar-refractivity contribution in [2.75, 3.05) is 17.2 Å². The van der Waals surface area contributed by atoms with Crippen molar-refractivity contribution >= 4 is 17.6 Å². The van der Waals surface area contributed by atoms with Crippen LogP contribution >= 0.6 is 11.8 Å². The first-order chi connectivity index (χ1) is 7.24. The van der Waals surface area contributed by atoms with Gasteiger partial charge in [-0.15, -0.1) is 0 Å². The highest BCUT2D eigenvalue weighted by molar-refractivity contribution is 7.99. The second kappa shape index (κ2) is 6.05. The van der Waals surface area contributed by atoms with E-state index in [1.54, 1.807) is 0 Å². The lowest BCUT2D eigenvalue weighted by atomic mass is 10.3. The molecule has 0 aromatic carbocycles. The van der Waals surface area contributed by atoms with Gasteiger partial charge < -0.3 is 10.3 Å². The van der Waals surface area contributed by atoms with Gasteiger partial charge in [-0.3, -0.25) is 0 Å². The smallest absolute Gasteiger partial charge is 0.126 e. The van der Waals surface area contributed by atoms with E-state index in [1.807, 2.05) is 11.8 Å². The van der Waals surface area contributed by atoms with Gasteiger partial charge in [-0.05, 0) is 18.4 Å². The number of hydrogen-bond donors (Lipinski definition) is 1. The van der Waals surface area contributed by atoms with Crippen molar-refractivity contribution in [3.05, 3.63) is 11.5 Å². The molecule has 86 valence electrons. The second-order valence-electron chi connectivity index (χ2n) is 3.40. The number of thioether (sulfide) groups is 1. The topological polar surface area (TPSA) is 43.8 Å². The van der Waals surface area contributed by atoms with Crippen LogP contribution in [0.3, 0.4) is 0 Å². The first kappa shape index (κ1) is 12.4. The minimum absolute atomic E-state index is 0.867. The van der Waals surface area contributed by atoms with Crippen LogP contribution in [0.1, 0.15) is 32.3 Å². The first-order valence-corrected chi connectivity index (χ1v) is 6.81. The number of nitrogens with two attached hydrogens (primary N) is 1. The SMILES string of the molecule is CCSCCc1nc(CC)n(CC)c1N. The molecule has 3 nitrogen and oxygen atoms in total. The largest absolute Gasteiger partial charge is 0.384 e. The van der Waals surface area contributed by atoms with Crippen molar-refractivity contribution in [2.45, 2.75) is 40.2 Å². The Morgan fingerprint density at radius 2 is 2.07 bits per heavy atom. The summed E-state index contributed by atoms with van der Waals surface area (Å²) in [6.07, 6.45) is 1.95. The lowest BCUT2D eigenvalue weighted by molar-refractivity contribution is 0.713. The summed E-state index contributed by atoms with van der Waals surface area (Å²) in [6, 6.07) is 0. The molecule has 0 bridgehead atoms. The quantitative estimate of drug-likeness (QED) is 0.759. The Hall–Kier alpha value is -0.640. The molecule has 0 saturated heterocycles. The predicted octanol–water partition coefficient (Wildman–Crippen LogP) is 2.34. The number of nitrogens with zero attached hydrogens (tertiary/aromatic N) is 2. The number of hydrogen-bond acceptors (Lipinski definition) is 3. The molecule has 0 saturated carbocycles. The van der Waals surface area contributed by atoms with Gasteiger partial charge in [-0.1, -0.05) is 13.8 Å². The minimum atomic E-state index is 0.867. The van der Waals surface area contributed by atoms with Crippen LogP contribution in [0.25, 0.3) is 0 Å². The summed E-state index contributed by atoms with van der Waals surface area (Å²) in [7, 11) is 0. The molecule has 0 aliphatic heterocycles. The Balaban J connectivity index is 2.75. The second-order valence-corrected chi connectivity index (χ2v) is 4.80. The summed E-state index contributed by atoms with van der Waals surface area (Å²) >= 11 is 1.94. The van der Waals surface area contributed by atoms with Crippen LogP contribution < -0.4 is 5.73 Å². The number of nitrogen functional groups attached to an aromatic ring is 1. The van der Waals surface area contributed by atoms with Crippen molar-refractivity contribution in [3.8, 4) is 0 Å². The molecular formula is C11H21N3S. The maximum Gasteiger partial charge on any atom is 0.126 e. The Morgan fingerprint density at radius 1 is 1.33 bits per heavy atom. The first-order valence-electron chi connectivity index (χ1n) is 5.66. The van der Waals surface area contributed by atoms with Crippen LogP contribution in [0.15, 0.2) is 0 Å². The normalized spacial score (nSPS) is 10.9. The lowest BCUT2D eigenvalue weighted by Gasteiger charge is -2.04. The summed E-state index contributed by atoms with van der Waals surface area (Å²) in [6.45, 7) is 7.33. The zero-order chi connectivity index (χ0) is 11.3. The molecule has 1 heterocycles. The fourth-order valence-corrected chi connectivity index (χ4v) is 2.31. The molecule has 0 spiro atoms. The fraction of sp³-hybridized carbons (Fsp3) is 0.727. The van der Waals surface area contributed by atoms with Gasteiger partial charge in [0.1, 0.15) is 11.6 Å². The lowest BCUT2D eigenvalue weighted by Crippen LogP contribution is -2.05. The fourth-order valence-electron chi connectivity index (χ4n) is 1.69. The highest BCUT2D eigenvalue weighted by Gasteiger charge is 2.11. The van der Waals surface area contributed by atoms with E-state index in [2.05, 4.69) is 30.3 Å². The van der Waals surface area contributed by atoms with Crippen LogP contribution in [0.4, 0.5) is 5.82 Å². The number of rotatable bonds is 6. The molecule has 0 fully saturated rings. The average Bonchev–Trinajstić information content (AvgIpc) is 2.55. The van der Waals surface area contributed by atoms with E-state index in [0.29, 0.717) is 0 Å². The number of anilines is 1. The van der Waals surface area contributed by atoms with Crippen LogP contribution in [-0.2, 0) is 19.4 Å².